The van der Waals surface area contributed by atoms with Gasteiger partial charge in [0.1, 0.15) is 0 Å². The lowest BCUT2D eigenvalue weighted by Gasteiger charge is -2.11. The van der Waals surface area contributed by atoms with Crippen molar-refractivity contribution in [2.24, 2.45) is 0 Å². The van der Waals surface area contributed by atoms with Gasteiger partial charge in [0, 0.05) is 16.0 Å². The SMILES string of the molecule is CC(SCc1ccccc1)c1ccc(Cl)cc1. The van der Waals surface area contributed by atoms with E-state index in [2.05, 4.69) is 49.4 Å². The molecular formula is C15H15ClS. The molecule has 88 valence electrons. The van der Waals surface area contributed by atoms with Gasteiger partial charge in [0.15, 0.2) is 0 Å². The third-order valence-electron chi connectivity index (χ3n) is 2.68. The molecule has 0 N–H and O–H groups in total. The Labute approximate surface area is 112 Å². The van der Waals surface area contributed by atoms with Gasteiger partial charge in [-0.05, 0) is 30.2 Å². The van der Waals surface area contributed by atoms with Crippen LogP contribution >= 0.6 is 23.4 Å². The van der Waals surface area contributed by atoms with Gasteiger partial charge < -0.3 is 0 Å². The molecule has 0 saturated carbocycles. The van der Waals surface area contributed by atoms with Gasteiger partial charge >= 0.3 is 0 Å². The zero-order valence-electron chi connectivity index (χ0n) is 9.77. The van der Waals surface area contributed by atoms with E-state index in [1.807, 2.05) is 23.9 Å². The van der Waals surface area contributed by atoms with E-state index in [0.717, 1.165) is 10.8 Å². The highest BCUT2D eigenvalue weighted by molar-refractivity contribution is 7.98. The van der Waals surface area contributed by atoms with Crippen LogP contribution in [0.1, 0.15) is 23.3 Å². The average Bonchev–Trinajstić information content (AvgIpc) is 2.38. The molecule has 2 rings (SSSR count). The van der Waals surface area contributed by atoms with Crippen molar-refractivity contribution in [3.8, 4) is 0 Å². The number of benzene rings is 2. The predicted octanol–water partition coefficient (Wildman–Crippen LogP) is 5.33. The first-order valence-corrected chi connectivity index (χ1v) is 7.09. The Hall–Kier alpha value is -0.920. The fraction of sp³-hybridized carbons (Fsp3) is 0.200. The van der Waals surface area contributed by atoms with E-state index in [-0.39, 0.29) is 0 Å². The third-order valence-corrected chi connectivity index (χ3v) is 4.21. The molecule has 1 atom stereocenters. The number of halogens is 1. The molecule has 2 heteroatoms. The molecule has 0 aliphatic carbocycles. The number of thioether (sulfide) groups is 1. The first kappa shape index (κ1) is 12.5. The van der Waals surface area contributed by atoms with Gasteiger partial charge in [0.05, 0.1) is 0 Å². The van der Waals surface area contributed by atoms with E-state index in [9.17, 15) is 0 Å². The Kier molecular flexibility index (Phi) is 4.52. The molecule has 0 amide bonds. The number of rotatable bonds is 4. The van der Waals surface area contributed by atoms with Crippen molar-refractivity contribution in [2.75, 3.05) is 0 Å². The summed E-state index contributed by atoms with van der Waals surface area (Å²) in [4.78, 5) is 0. The fourth-order valence-corrected chi connectivity index (χ4v) is 2.74. The molecule has 0 spiro atoms. The van der Waals surface area contributed by atoms with E-state index in [4.69, 9.17) is 11.6 Å². The Morgan fingerprint density at radius 1 is 1.00 bits per heavy atom. The van der Waals surface area contributed by atoms with Crippen molar-refractivity contribution in [1.29, 1.82) is 0 Å². The minimum Gasteiger partial charge on any atom is -0.149 e. The van der Waals surface area contributed by atoms with Gasteiger partial charge in [-0.25, -0.2) is 0 Å². The summed E-state index contributed by atoms with van der Waals surface area (Å²) in [5.74, 6) is 1.05. The highest BCUT2D eigenvalue weighted by Gasteiger charge is 2.05. The molecule has 2 aromatic carbocycles. The van der Waals surface area contributed by atoms with Gasteiger partial charge in [-0.2, -0.15) is 0 Å². The smallest absolute Gasteiger partial charge is 0.0406 e. The summed E-state index contributed by atoms with van der Waals surface area (Å²) in [5, 5.41) is 1.29. The molecule has 0 aromatic heterocycles. The molecule has 17 heavy (non-hydrogen) atoms. The second-order valence-electron chi connectivity index (χ2n) is 3.99. The molecule has 2 aromatic rings. The van der Waals surface area contributed by atoms with Crippen LogP contribution in [0.3, 0.4) is 0 Å². The van der Waals surface area contributed by atoms with Crippen LogP contribution in [0, 0.1) is 0 Å². The fourth-order valence-electron chi connectivity index (χ4n) is 1.63. The lowest BCUT2D eigenvalue weighted by Crippen LogP contribution is -1.89. The Morgan fingerprint density at radius 2 is 1.65 bits per heavy atom. The van der Waals surface area contributed by atoms with Crippen LogP contribution in [0.25, 0.3) is 0 Å². The molecule has 0 aliphatic heterocycles. The van der Waals surface area contributed by atoms with Crippen LogP contribution in [0.2, 0.25) is 5.02 Å². The lowest BCUT2D eigenvalue weighted by atomic mass is 10.2. The standard InChI is InChI=1S/C15H15ClS/c1-12(14-7-9-15(16)10-8-14)17-11-13-5-3-2-4-6-13/h2-10,12H,11H2,1H3. The highest BCUT2D eigenvalue weighted by atomic mass is 35.5. The molecule has 0 nitrogen and oxygen atoms in total. The Bertz CT molecular complexity index is 450. The number of hydrogen-bond donors (Lipinski definition) is 0. The minimum atomic E-state index is 0.493. The molecule has 0 heterocycles. The largest absolute Gasteiger partial charge is 0.149 e. The van der Waals surface area contributed by atoms with Crippen LogP contribution in [0.15, 0.2) is 54.6 Å². The summed E-state index contributed by atoms with van der Waals surface area (Å²) in [5.41, 5.74) is 2.70. The van der Waals surface area contributed by atoms with E-state index in [0.29, 0.717) is 5.25 Å². The van der Waals surface area contributed by atoms with Crippen molar-refractivity contribution in [3.05, 3.63) is 70.7 Å². The molecule has 1 unspecified atom stereocenters. The monoisotopic (exact) mass is 262 g/mol. The van der Waals surface area contributed by atoms with Gasteiger partial charge in [-0.3, -0.25) is 0 Å². The van der Waals surface area contributed by atoms with E-state index in [1.165, 1.54) is 11.1 Å². The van der Waals surface area contributed by atoms with Crippen molar-refractivity contribution in [2.45, 2.75) is 17.9 Å². The van der Waals surface area contributed by atoms with Gasteiger partial charge in [-0.15, -0.1) is 11.8 Å². The van der Waals surface area contributed by atoms with Crippen LogP contribution in [0.4, 0.5) is 0 Å². The number of hydrogen-bond acceptors (Lipinski definition) is 1. The topological polar surface area (TPSA) is 0 Å². The summed E-state index contributed by atoms with van der Waals surface area (Å²) < 4.78 is 0. The summed E-state index contributed by atoms with van der Waals surface area (Å²) >= 11 is 7.83. The molecule has 0 aliphatic rings. The average molecular weight is 263 g/mol. The zero-order valence-corrected chi connectivity index (χ0v) is 11.3. The maximum Gasteiger partial charge on any atom is 0.0406 e. The Morgan fingerprint density at radius 3 is 2.29 bits per heavy atom. The summed E-state index contributed by atoms with van der Waals surface area (Å²) in [6.45, 7) is 2.23. The second kappa shape index (κ2) is 6.13. The normalized spacial score (nSPS) is 12.4. The Balaban J connectivity index is 1.93. The van der Waals surface area contributed by atoms with Crippen molar-refractivity contribution in [3.63, 3.8) is 0 Å². The van der Waals surface area contributed by atoms with Gasteiger partial charge in [-0.1, -0.05) is 54.1 Å². The van der Waals surface area contributed by atoms with Crippen molar-refractivity contribution >= 4 is 23.4 Å². The van der Waals surface area contributed by atoms with Crippen LogP contribution in [0.5, 0.6) is 0 Å². The van der Waals surface area contributed by atoms with E-state index < -0.39 is 0 Å². The van der Waals surface area contributed by atoms with Crippen molar-refractivity contribution in [1.82, 2.24) is 0 Å². The minimum absolute atomic E-state index is 0.493. The van der Waals surface area contributed by atoms with Crippen LogP contribution in [-0.4, -0.2) is 0 Å². The summed E-state index contributed by atoms with van der Waals surface area (Å²) in [6.07, 6.45) is 0. The van der Waals surface area contributed by atoms with E-state index in [1.54, 1.807) is 0 Å². The second-order valence-corrected chi connectivity index (χ2v) is 5.76. The molecular weight excluding hydrogens is 248 g/mol. The first-order valence-electron chi connectivity index (χ1n) is 5.66. The van der Waals surface area contributed by atoms with Gasteiger partial charge in [0.25, 0.3) is 0 Å². The van der Waals surface area contributed by atoms with Crippen molar-refractivity contribution < 1.29 is 0 Å². The van der Waals surface area contributed by atoms with Crippen LogP contribution < -0.4 is 0 Å². The zero-order chi connectivity index (χ0) is 12.1. The third kappa shape index (κ3) is 3.79. The molecule has 0 radical (unpaired) electrons. The van der Waals surface area contributed by atoms with E-state index >= 15 is 0 Å². The summed E-state index contributed by atoms with van der Waals surface area (Å²) in [7, 11) is 0. The van der Waals surface area contributed by atoms with Crippen LogP contribution in [-0.2, 0) is 5.75 Å². The first-order chi connectivity index (χ1) is 8.25. The summed E-state index contributed by atoms with van der Waals surface area (Å²) in [6, 6.07) is 18.7. The maximum absolute atomic E-state index is 5.88. The molecule has 0 fully saturated rings. The molecule has 0 bridgehead atoms. The quantitative estimate of drug-likeness (QED) is 0.717. The maximum atomic E-state index is 5.88. The molecule has 0 saturated heterocycles. The van der Waals surface area contributed by atoms with Gasteiger partial charge in [0.2, 0.25) is 0 Å². The predicted molar refractivity (Wildman–Crippen MR) is 77.6 cm³/mol. The lowest BCUT2D eigenvalue weighted by molar-refractivity contribution is 1.09. The highest BCUT2D eigenvalue weighted by Crippen LogP contribution is 2.31.